The molecule has 1 fully saturated rings. The number of benzene rings is 2. The Morgan fingerprint density at radius 1 is 1.31 bits per heavy atom. The number of rotatable bonds is 6. The molecule has 0 radical (unpaired) electrons. The van der Waals surface area contributed by atoms with Crippen molar-refractivity contribution in [1.29, 1.82) is 0 Å². The maximum Gasteiger partial charge on any atom is 0.326 e. The van der Waals surface area contributed by atoms with Crippen LogP contribution < -0.4 is 5.73 Å². The summed E-state index contributed by atoms with van der Waals surface area (Å²) in [6.45, 7) is 2.66. The van der Waals surface area contributed by atoms with Crippen LogP contribution in [-0.4, -0.2) is 39.7 Å². The van der Waals surface area contributed by atoms with Gasteiger partial charge in [0.25, 0.3) is 0 Å². The molecule has 2 unspecified atom stereocenters. The fourth-order valence-corrected chi connectivity index (χ4v) is 3.97. The molecule has 0 bridgehead atoms. The van der Waals surface area contributed by atoms with E-state index in [0.717, 1.165) is 17.5 Å². The molecule has 2 aromatic carbocycles. The molecule has 2 atom stereocenters. The van der Waals surface area contributed by atoms with Crippen molar-refractivity contribution in [2.45, 2.75) is 38.3 Å². The molecule has 8 heteroatoms. The number of aromatic nitrogens is 1. The second kappa shape index (κ2) is 9.21. The molecule has 0 saturated carbocycles. The minimum atomic E-state index is -0.899. The lowest BCUT2D eigenvalue weighted by Gasteiger charge is -2.21. The molecule has 0 amide bonds. The predicted octanol–water partition coefficient (Wildman–Crippen LogP) is 4.00. The van der Waals surface area contributed by atoms with Crippen molar-refractivity contribution in [1.82, 2.24) is 10.1 Å². The zero-order valence-corrected chi connectivity index (χ0v) is 17.7. The normalized spacial score (nSPS) is 17.5. The second-order valence-corrected chi connectivity index (χ2v) is 7.91. The highest BCUT2D eigenvalue weighted by Gasteiger charge is 2.31. The molecule has 1 saturated heterocycles. The third-order valence-corrected chi connectivity index (χ3v) is 5.82. The standard InChI is InChI=1S/C24H25FN4O3/c1-15(17-9-10-19(20(25)12-17)16-6-3-2-4-7-16)22-13-18(28-32-22)14-27-24(26)29-11-5-8-21(29)23(30)31/h2-4,6-7,9-10,12-13,15,21H,5,8,11,14H2,1H3,(H2,26,27)(H,30,31). The average molecular weight is 436 g/mol. The first-order chi connectivity index (χ1) is 15.4. The van der Waals surface area contributed by atoms with E-state index in [1.54, 1.807) is 17.0 Å². The van der Waals surface area contributed by atoms with Gasteiger partial charge in [0.1, 0.15) is 23.3 Å². The van der Waals surface area contributed by atoms with Gasteiger partial charge in [0, 0.05) is 24.1 Å². The molecule has 1 aliphatic rings. The van der Waals surface area contributed by atoms with Crippen molar-refractivity contribution in [3.8, 4) is 11.1 Å². The van der Waals surface area contributed by atoms with Gasteiger partial charge in [-0.2, -0.15) is 0 Å². The minimum absolute atomic E-state index is 0.173. The number of carbonyl (C=O) groups is 1. The van der Waals surface area contributed by atoms with Crippen LogP contribution in [0.1, 0.15) is 42.7 Å². The van der Waals surface area contributed by atoms with Crippen molar-refractivity contribution in [2.24, 2.45) is 10.7 Å². The summed E-state index contributed by atoms with van der Waals surface area (Å²) in [5.41, 5.74) is 8.72. The van der Waals surface area contributed by atoms with Gasteiger partial charge < -0.3 is 20.3 Å². The first kappa shape index (κ1) is 21.5. The molecule has 2 heterocycles. The van der Waals surface area contributed by atoms with Crippen molar-refractivity contribution in [3.05, 3.63) is 77.4 Å². The Labute approximate surface area is 185 Å². The number of nitrogens with zero attached hydrogens (tertiary/aromatic N) is 3. The first-order valence-electron chi connectivity index (χ1n) is 10.5. The molecule has 3 N–H and O–H groups in total. The summed E-state index contributed by atoms with van der Waals surface area (Å²) in [4.78, 5) is 17.2. The summed E-state index contributed by atoms with van der Waals surface area (Å²) < 4.78 is 20.2. The van der Waals surface area contributed by atoms with Gasteiger partial charge in [0.15, 0.2) is 5.96 Å². The summed E-state index contributed by atoms with van der Waals surface area (Å²) in [6.07, 6.45) is 1.31. The van der Waals surface area contributed by atoms with Crippen LogP contribution in [0.5, 0.6) is 0 Å². The molecule has 1 aromatic heterocycles. The number of carboxylic acid groups (broad SMARTS) is 1. The molecular weight excluding hydrogens is 411 g/mol. The zero-order valence-electron chi connectivity index (χ0n) is 17.7. The van der Waals surface area contributed by atoms with Crippen LogP contribution in [0, 0.1) is 5.82 Å². The van der Waals surface area contributed by atoms with Crippen molar-refractivity contribution < 1.29 is 18.8 Å². The molecule has 4 rings (SSSR count). The summed E-state index contributed by atoms with van der Waals surface area (Å²) >= 11 is 0. The average Bonchev–Trinajstić information content (AvgIpc) is 3.47. The fourth-order valence-electron chi connectivity index (χ4n) is 3.97. The van der Waals surface area contributed by atoms with E-state index in [2.05, 4.69) is 10.1 Å². The van der Waals surface area contributed by atoms with Crippen LogP contribution >= 0.6 is 0 Å². The lowest BCUT2D eigenvalue weighted by atomic mass is 9.95. The van der Waals surface area contributed by atoms with Gasteiger partial charge >= 0.3 is 5.97 Å². The molecule has 32 heavy (non-hydrogen) atoms. The van der Waals surface area contributed by atoms with Gasteiger partial charge in [-0.15, -0.1) is 0 Å². The zero-order chi connectivity index (χ0) is 22.7. The van der Waals surface area contributed by atoms with E-state index in [4.69, 9.17) is 10.3 Å². The van der Waals surface area contributed by atoms with E-state index in [9.17, 15) is 14.3 Å². The van der Waals surface area contributed by atoms with Crippen LogP contribution in [0.3, 0.4) is 0 Å². The van der Waals surface area contributed by atoms with E-state index >= 15 is 0 Å². The number of likely N-dealkylation sites (tertiary alicyclic amines) is 1. The van der Waals surface area contributed by atoms with Crippen molar-refractivity contribution >= 4 is 11.9 Å². The smallest absolute Gasteiger partial charge is 0.326 e. The van der Waals surface area contributed by atoms with Crippen LogP contribution in [-0.2, 0) is 11.3 Å². The number of guanidine groups is 1. The van der Waals surface area contributed by atoms with Gasteiger partial charge in [-0.3, -0.25) is 0 Å². The van der Waals surface area contributed by atoms with Crippen LogP contribution in [0.2, 0.25) is 0 Å². The van der Waals surface area contributed by atoms with Gasteiger partial charge in [-0.25, -0.2) is 14.2 Å². The van der Waals surface area contributed by atoms with Crippen LogP contribution in [0.15, 0.2) is 64.1 Å². The Hall–Kier alpha value is -3.68. The molecule has 7 nitrogen and oxygen atoms in total. The number of hydrogen-bond acceptors (Lipinski definition) is 4. The summed E-state index contributed by atoms with van der Waals surface area (Å²) in [7, 11) is 0. The maximum atomic E-state index is 14.7. The molecule has 0 aliphatic carbocycles. The van der Waals surface area contributed by atoms with Crippen LogP contribution in [0.4, 0.5) is 4.39 Å². The summed E-state index contributed by atoms with van der Waals surface area (Å²) in [5.74, 6) is -0.622. The number of halogens is 1. The highest BCUT2D eigenvalue weighted by Crippen LogP contribution is 2.30. The van der Waals surface area contributed by atoms with E-state index in [0.29, 0.717) is 30.0 Å². The summed E-state index contributed by atoms with van der Waals surface area (Å²) in [5, 5.41) is 13.3. The number of aliphatic carboxylic acids is 1. The van der Waals surface area contributed by atoms with E-state index in [1.807, 2.05) is 43.3 Å². The van der Waals surface area contributed by atoms with Gasteiger partial charge in [-0.05, 0) is 30.0 Å². The Balaban J connectivity index is 1.45. The van der Waals surface area contributed by atoms with Gasteiger partial charge in [0.2, 0.25) is 0 Å². The Kier molecular flexibility index (Phi) is 6.20. The monoisotopic (exact) mass is 436 g/mol. The van der Waals surface area contributed by atoms with E-state index < -0.39 is 12.0 Å². The number of carboxylic acids is 1. The molecular formula is C24H25FN4O3. The third-order valence-electron chi connectivity index (χ3n) is 5.82. The first-order valence-corrected chi connectivity index (χ1v) is 10.5. The van der Waals surface area contributed by atoms with Crippen molar-refractivity contribution in [3.63, 3.8) is 0 Å². The van der Waals surface area contributed by atoms with E-state index in [-0.39, 0.29) is 24.2 Å². The molecule has 0 spiro atoms. The third kappa shape index (κ3) is 4.49. The highest BCUT2D eigenvalue weighted by molar-refractivity contribution is 5.85. The lowest BCUT2D eigenvalue weighted by Crippen LogP contribution is -2.44. The number of aliphatic imine (C=N–C) groups is 1. The minimum Gasteiger partial charge on any atom is -0.480 e. The molecule has 3 aromatic rings. The predicted molar refractivity (Wildman–Crippen MR) is 119 cm³/mol. The quantitative estimate of drug-likeness (QED) is 0.447. The van der Waals surface area contributed by atoms with Gasteiger partial charge in [0.05, 0.1) is 6.54 Å². The summed E-state index contributed by atoms with van der Waals surface area (Å²) in [6, 6.07) is 15.7. The van der Waals surface area contributed by atoms with E-state index in [1.165, 1.54) is 6.07 Å². The second-order valence-electron chi connectivity index (χ2n) is 7.91. The Morgan fingerprint density at radius 3 is 2.81 bits per heavy atom. The SMILES string of the molecule is CC(c1ccc(-c2ccccc2)c(F)c1)c1cc(CN=C(N)N2CCCC2C(=O)O)no1. The number of nitrogens with two attached hydrogens (primary N) is 1. The van der Waals surface area contributed by atoms with Gasteiger partial charge in [-0.1, -0.05) is 54.5 Å². The maximum absolute atomic E-state index is 14.7. The fraction of sp³-hybridized carbons (Fsp3) is 0.292. The van der Waals surface area contributed by atoms with Crippen LogP contribution in [0.25, 0.3) is 11.1 Å². The molecule has 1 aliphatic heterocycles. The number of hydrogen-bond donors (Lipinski definition) is 2. The Morgan fingerprint density at radius 2 is 2.09 bits per heavy atom. The largest absolute Gasteiger partial charge is 0.480 e. The Bertz CT molecular complexity index is 1130. The lowest BCUT2D eigenvalue weighted by molar-refractivity contribution is -0.140. The molecule has 166 valence electrons. The highest BCUT2D eigenvalue weighted by atomic mass is 19.1. The van der Waals surface area contributed by atoms with Crippen molar-refractivity contribution in [2.75, 3.05) is 6.54 Å². The topological polar surface area (TPSA) is 105 Å².